The average Bonchev–Trinajstić information content (AvgIpc) is 2.92. The molecule has 1 aliphatic heterocycles. The minimum absolute atomic E-state index is 0.780. The molecular formula is C18H20N6. The van der Waals surface area contributed by atoms with Crippen molar-refractivity contribution in [1.29, 1.82) is 0 Å². The molecule has 6 nitrogen and oxygen atoms in total. The highest BCUT2D eigenvalue weighted by Gasteiger charge is 2.20. The van der Waals surface area contributed by atoms with Crippen molar-refractivity contribution < 1.29 is 0 Å². The van der Waals surface area contributed by atoms with Crippen molar-refractivity contribution in [2.45, 2.75) is 33.4 Å². The smallest absolute Gasteiger partial charge is 0.159 e. The van der Waals surface area contributed by atoms with Crippen LogP contribution in [-0.2, 0) is 19.5 Å². The molecule has 4 heterocycles. The maximum atomic E-state index is 4.75. The van der Waals surface area contributed by atoms with Crippen LogP contribution in [0.2, 0.25) is 0 Å². The van der Waals surface area contributed by atoms with Gasteiger partial charge in [0.25, 0.3) is 0 Å². The summed E-state index contributed by atoms with van der Waals surface area (Å²) >= 11 is 0. The van der Waals surface area contributed by atoms with E-state index < -0.39 is 0 Å². The van der Waals surface area contributed by atoms with Gasteiger partial charge < -0.3 is 4.98 Å². The molecule has 0 amide bonds. The number of nitrogens with one attached hydrogen (secondary N) is 1. The Kier molecular flexibility index (Phi) is 3.82. The van der Waals surface area contributed by atoms with Gasteiger partial charge in [-0.2, -0.15) is 0 Å². The lowest BCUT2D eigenvalue weighted by Gasteiger charge is -2.27. The van der Waals surface area contributed by atoms with Crippen LogP contribution in [0.25, 0.3) is 11.4 Å². The predicted molar refractivity (Wildman–Crippen MR) is 91.1 cm³/mol. The number of hydrogen-bond acceptors (Lipinski definition) is 5. The summed E-state index contributed by atoms with van der Waals surface area (Å²) in [5, 5.41) is 0. The quantitative estimate of drug-likeness (QED) is 0.802. The van der Waals surface area contributed by atoms with E-state index in [0.717, 1.165) is 60.3 Å². The zero-order valence-corrected chi connectivity index (χ0v) is 14.0. The van der Waals surface area contributed by atoms with Gasteiger partial charge in [-0.25, -0.2) is 15.0 Å². The summed E-state index contributed by atoms with van der Waals surface area (Å²) in [6.45, 7) is 6.78. The van der Waals surface area contributed by atoms with Gasteiger partial charge in [-0.15, -0.1) is 0 Å². The maximum Gasteiger partial charge on any atom is 0.159 e. The Morgan fingerprint density at radius 2 is 2.00 bits per heavy atom. The number of rotatable bonds is 3. The van der Waals surface area contributed by atoms with Gasteiger partial charge in [-0.05, 0) is 26.0 Å². The van der Waals surface area contributed by atoms with Crippen molar-refractivity contribution in [3.63, 3.8) is 0 Å². The molecule has 3 aromatic rings. The fraction of sp³-hybridized carbons (Fsp3) is 0.333. The molecule has 0 radical (unpaired) electrons. The summed E-state index contributed by atoms with van der Waals surface area (Å²) in [7, 11) is 0. The van der Waals surface area contributed by atoms with E-state index in [4.69, 9.17) is 4.98 Å². The van der Waals surface area contributed by atoms with Crippen LogP contribution in [0, 0.1) is 13.8 Å². The van der Waals surface area contributed by atoms with Gasteiger partial charge in [0.15, 0.2) is 5.82 Å². The first-order chi connectivity index (χ1) is 11.7. The zero-order chi connectivity index (χ0) is 16.5. The van der Waals surface area contributed by atoms with Crippen LogP contribution in [0.15, 0.2) is 30.7 Å². The summed E-state index contributed by atoms with van der Waals surface area (Å²) in [5.74, 6) is 1.81. The predicted octanol–water partition coefficient (Wildman–Crippen LogP) is 2.44. The summed E-state index contributed by atoms with van der Waals surface area (Å²) < 4.78 is 0. The molecular weight excluding hydrogens is 300 g/mol. The number of aryl methyl sites for hydroxylation is 2. The Morgan fingerprint density at radius 1 is 1.17 bits per heavy atom. The average molecular weight is 320 g/mol. The molecule has 1 N–H and O–H groups in total. The highest BCUT2D eigenvalue weighted by Crippen LogP contribution is 2.21. The van der Waals surface area contributed by atoms with E-state index in [-0.39, 0.29) is 0 Å². The van der Waals surface area contributed by atoms with Gasteiger partial charge in [0.1, 0.15) is 5.82 Å². The Hall–Kier alpha value is -2.60. The number of aromatic nitrogens is 5. The molecule has 3 aromatic heterocycles. The molecule has 0 bridgehead atoms. The standard InChI is InChI=1S/C18H20N6/c1-12-13(2)22-17(21-12)11-24-8-5-16-15(10-24)9-20-18(23-16)14-3-6-19-7-4-14/h3-4,6-7,9H,5,8,10-11H2,1-2H3,(H,21,22). The second-order valence-electron chi connectivity index (χ2n) is 6.26. The summed E-state index contributed by atoms with van der Waals surface area (Å²) in [6, 6.07) is 3.89. The van der Waals surface area contributed by atoms with Crippen LogP contribution in [0.1, 0.15) is 28.5 Å². The third-order valence-corrected chi connectivity index (χ3v) is 4.50. The highest BCUT2D eigenvalue weighted by molar-refractivity contribution is 5.54. The second kappa shape index (κ2) is 6.13. The summed E-state index contributed by atoms with van der Waals surface area (Å²) in [5.41, 5.74) is 5.59. The van der Waals surface area contributed by atoms with Crippen molar-refractivity contribution in [2.24, 2.45) is 0 Å². The Labute approximate surface area is 141 Å². The van der Waals surface area contributed by atoms with Gasteiger partial charge in [0, 0.05) is 54.9 Å². The first-order valence-electron chi connectivity index (χ1n) is 8.18. The van der Waals surface area contributed by atoms with Crippen molar-refractivity contribution in [3.8, 4) is 11.4 Å². The maximum absolute atomic E-state index is 4.75. The van der Waals surface area contributed by atoms with Crippen LogP contribution >= 0.6 is 0 Å². The lowest BCUT2D eigenvalue weighted by molar-refractivity contribution is 0.237. The third-order valence-electron chi connectivity index (χ3n) is 4.50. The fourth-order valence-electron chi connectivity index (χ4n) is 3.06. The Morgan fingerprint density at radius 3 is 2.75 bits per heavy atom. The first kappa shape index (κ1) is 15.0. The third kappa shape index (κ3) is 2.92. The number of pyridine rings is 1. The van der Waals surface area contributed by atoms with Gasteiger partial charge >= 0.3 is 0 Å². The SMILES string of the molecule is Cc1nc(CN2CCc3nc(-c4ccncc4)ncc3C2)[nH]c1C. The molecule has 6 heteroatoms. The number of nitrogens with zero attached hydrogens (tertiary/aromatic N) is 5. The van der Waals surface area contributed by atoms with Crippen molar-refractivity contribution >= 4 is 0 Å². The minimum atomic E-state index is 0.780. The molecule has 0 spiro atoms. The number of aromatic amines is 1. The van der Waals surface area contributed by atoms with Crippen LogP contribution < -0.4 is 0 Å². The van der Waals surface area contributed by atoms with E-state index in [1.165, 1.54) is 5.56 Å². The van der Waals surface area contributed by atoms with E-state index in [1.807, 2.05) is 25.3 Å². The van der Waals surface area contributed by atoms with E-state index in [9.17, 15) is 0 Å². The van der Waals surface area contributed by atoms with Crippen LogP contribution in [0.3, 0.4) is 0 Å². The van der Waals surface area contributed by atoms with E-state index in [1.54, 1.807) is 12.4 Å². The highest BCUT2D eigenvalue weighted by atomic mass is 15.2. The van der Waals surface area contributed by atoms with Gasteiger partial charge in [0.2, 0.25) is 0 Å². The van der Waals surface area contributed by atoms with E-state index in [0.29, 0.717) is 0 Å². The second-order valence-corrected chi connectivity index (χ2v) is 6.26. The molecule has 0 aliphatic carbocycles. The Balaban J connectivity index is 1.51. The molecule has 122 valence electrons. The van der Waals surface area contributed by atoms with Crippen molar-refractivity contribution in [3.05, 3.63) is 59.2 Å². The first-order valence-corrected chi connectivity index (χ1v) is 8.18. The molecule has 0 saturated heterocycles. The molecule has 24 heavy (non-hydrogen) atoms. The molecule has 0 saturated carbocycles. The lowest BCUT2D eigenvalue weighted by Crippen LogP contribution is -2.31. The number of H-pyrrole nitrogens is 1. The van der Waals surface area contributed by atoms with Gasteiger partial charge in [0.05, 0.1) is 17.9 Å². The van der Waals surface area contributed by atoms with Crippen molar-refractivity contribution in [1.82, 2.24) is 29.8 Å². The van der Waals surface area contributed by atoms with Crippen LogP contribution in [0.4, 0.5) is 0 Å². The van der Waals surface area contributed by atoms with E-state index in [2.05, 4.69) is 31.8 Å². The van der Waals surface area contributed by atoms with Crippen molar-refractivity contribution in [2.75, 3.05) is 6.54 Å². The van der Waals surface area contributed by atoms with Crippen LogP contribution in [0.5, 0.6) is 0 Å². The minimum Gasteiger partial charge on any atom is -0.345 e. The number of hydrogen-bond donors (Lipinski definition) is 1. The Bertz CT molecular complexity index is 836. The zero-order valence-electron chi connectivity index (χ0n) is 14.0. The summed E-state index contributed by atoms with van der Waals surface area (Å²) in [4.78, 5) is 23.7. The van der Waals surface area contributed by atoms with Gasteiger partial charge in [-0.3, -0.25) is 9.88 Å². The lowest BCUT2D eigenvalue weighted by atomic mass is 10.1. The summed E-state index contributed by atoms with van der Waals surface area (Å²) in [6.07, 6.45) is 6.44. The molecule has 1 aliphatic rings. The molecule has 0 unspecified atom stereocenters. The normalized spacial score (nSPS) is 14.6. The molecule has 4 rings (SSSR count). The van der Waals surface area contributed by atoms with Crippen LogP contribution in [-0.4, -0.2) is 36.4 Å². The molecule has 0 fully saturated rings. The van der Waals surface area contributed by atoms with Gasteiger partial charge in [-0.1, -0.05) is 0 Å². The largest absolute Gasteiger partial charge is 0.345 e. The number of imidazole rings is 1. The van der Waals surface area contributed by atoms with E-state index >= 15 is 0 Å². The monoisotopic (exact) mass is 320 g/mol. The topological polar surface area (TPSA) is 70.6 Å². The fourth-order valence-corrected chi connectivity index (χ4v) is 3.06. The molecule has 0 aromatic carbocycles. The number of fused-ring (bicyclic) bond motifs is 1. The molecule has 0 atom stereocenters.